The van der Waals surface area contributed by atoms with Gasteiger partial charge in [0.05, 0.1) is 31.5 Å². The second-order valence-electron chi connectivity index (χ2n) is 4.76. The third-order valence-corrected chi connectivity index (χ3v) is 3.10. The van der Waals surface area contributed by atoms with Crippen molar-refractivity contribution >= 4 is 23.8 Å². The summed E-state index contributed by atoms with van der Waals surface area (Å²) in [5, 5.41) is 17.4. The molecule has 0 aliphatic heterocycles. The number of carbonyl (C=O) groups is 2. The van der Waals surface area contributed by atoms with Crippen molar-refractivity contribution in [3.05, 3.63) is 59.7 Å². The van der Waals surface area contributed by atoms with E-state index < -0.39 is 5.97 Å². The molecule has 0 spiro atoms. The van der Waals surface area contributed by atoms with Gasteiger partial charge >= 0.3 is 0 Å². The molecule has 0 aliphatic rings. The van der Waals surface area contributed by atoms with Gasteiger partial charge in [0, 0.05) is 0 Å². The highest BCUT2D eigenvalue weighted by atomic mass is 16.5. The molecular formula is C17H16N3O4-. The number of nitrogens with one attached hydrogen (secondary N) is 2. The van der Waals surface area contributed by atoms with E-state index in [4.69, 9.17) is 4.74 Å². The standard InChI is InChI=1S/C17H17N3O4/c1-24-15-5-3-2-4-14(15)18-11-16(21)20-19-10-12-6-8-13(9-7-12)17(22)23/h2-10,18H,11H2,1H3,(H,20,21)(H,22,23)/p-1. The van der Waals surface area contributed by atoms with Gasteiger partial charge in [-0.25, -0.2) is 5.43 Å². The largest absolute Gasteiger partial charge is 0.545 e. The van der Waals surface area contributed by atoms with E-state index in [9.17, 15) is 14.7 Å². The van der Waals surface area contributed by atoms with Gasteiger partial charge in [0.1, 0.15) is 5.75 Å². The molecule has 0 saturated carbocycles. The second-order valence-corrected chi connectivity index (χ2v) is 4.76. The zero-order chi connectivity index (χ0) is 17.4. The lowest BCUT2D eigenvalue weighted by Gasteiger charge is -2.09. The number of para-hydroxylation sites is 2. The lowest BCUT2D eigenvalue weighted by Crippen LogP contribution is -2.26. The average molecular weight is 326 g/mol. The zero-order valence-corrected chi connectivity index (χ0v) is 13.0. The van der Waals surface area contributed by atoms with E-state index in [0.29, 0.717) is 17.0 Å². The maximum absolute atomic E-state index is 11.7. The van der Waals surface area contributed by atoms with Crippen LogP contribution in [0.15, 0.2) is 53.6 Å². The number of hydrogen-bond acceptors (Lipinski definition) is 6. The number of anilines is 1. The molecule has 0 fully saturated rings. The maximum atomic E-state index is 11.7. The van der Waals surface area contributed by atoms with Gasteiger partial charge in [0.2, 0.25) is 0 Å². The van der Waals surface area contributed by atoms with Crippen LogP contribution in [0.2, 0.25) is 0 Å². The number of benzene rings is 2. The molecule has 124 valence electrons. The van der Waals surface area contributed by atoms with Gasteiger partial charge in [-0.15, -0.1) is 0 Å². The van der Waals surface area contributed by atoms with Crippen molar-refractivity contribution in [1.29, 1.82) is 0 Å². The summed E-state index contributed by atoms with van der Waals surface area (Å²) in [6, 6.07) is 13.2. The summed E-state index contributed by atoms with van der Waals surface area (Å²) in [7, 11) is 1.55. The monoisotopic (exact) mass is 326 g/mol. The van der Waals surface area contributed by atoms with Gasteiger partial charge in [0.15, 0.2) is 0 Å². The molecule has 7 heteroatoms. The number of carboxylic acid groups (broad SMARTS) is 1. The molecule has 0 atom stereocenters. The van der Waals surface area contributed by atoms with Crippen molar-refractivity contribution < 1.29 is 19.4 Å². The summed E-state index contributed by atoms with van der Waals surface area (Å²) in [5.74, 6) is -0.931. The minimum absolute atomic E-state index is 0.0291. The van der Waals surface area contributed by atoms with Crippen LogP contribution in [0.25, 0.3) is 0 Å². The molecule has 24 heavy (non-hydrogen) atoms. The third-order valence-electron chi connectivity index (χ3n) is 3.10. The summed E-state index contributed by atoms with van der Waals surface area (Å²) in [6.07, 6.45) is 1.42. The van der Waals surface area contributed by atoms with E-state index in [-0.39, 0.29) is 18.0 Å². The smallest absolute Gasteiger partial charge is 0.259 e. The van der Waals surface area contributed by atoms with Crippen LogP contribution in [-0.2, 0) is 4.79 Å². The van der Waals surface area contributed by atoms with Gasteiger partial charge in [-0.3, -0.25) is 4.79 Å². The van der Waals surface area contributed by atoms with E-state index in [1.165, 1.54) is 18.3 Å². The Morgan fingerprint density at radius 3 is 2.54 bits per heavy atom. The maximum Gasteiger partial charge on any atom is 0.259 e. The Morgan fingerprint density at radius 2 is 1.88 bits per heavy atom. The summed E-state index contributed by atoms with van der Waals surface area (Å²) in [6.45, 7) is 0.0291. The Hall–Kier alpha value is -3.35. The van der Waals surface area contributed by atoms with Crippen LogP contribution in [0.1, 0.15) is 15.9 Å². The Balaban J connectivity index is 1.83. The summed E-state index contributed by atoms with van der Waals surface area (Å²) in [4.78, 5) is 22.4. The van der Waals surface area contributed by atoms with Crippen LogP contribution in [0, 0.1) is 0 Å². The zero-order valence-electron chi connectivity index (χ0n) is 13.0. The lowest BCUT2D eigenvalue weighted by molar-refractivity contribution is -0.255. The number of ether oxygens (including phenoxy) is 1. The van der Waals surface area contributed by atoms with Gasteiger partial charge in [0.25, 0.3) is 5.91 Å². The van der Waals surface area contributed by atoms with Crippen LogP contribution in [0.3, 0.4) is 0 Å². The molecule has 2 rings (SSSR count). The number of nitrogens with zero attached hydrogens (tertiary/aromatic N) is 1. The van der Waals surface area contributed by atoms with E-state index in [2.05, 4.69) is 15.8 Å². The number of aromatic carboxylic acids is 1. The first-order valence-electron chi connectivity index (χ1n) is 7.10. The van der Waals surface area contributed by atoms with Crippen molar-refractivity contribution in [2.75, 3.05) is 19.0 Å². The molecule has 0 aromatic heterocycles. The van der Waals surface area contributed by atoms with Crippen molar-refractivity contribution in [3.8, 4) is 5.75 Å². The van der Waals surface area contributed by atoms with Gasteiger partial charge in [-0.05, 0) is 23.3 Å². The third kappa shape index (κ3) is 4.84. The number of rotatable bonds is 7. The second kappa shape index (κ2) is 8.33. The number of carboxylic acids is 1. The summed E-state index contributed by atoms with van der Waals surface area (Å²) in [5.41, 5.74) is 3.81. The summed E-state index contributed by atoms with van der Waals surface area (Å²) < 4.78 is 5.17. The van der Waals surface area contributed by atoms with Crippen LogP contribution in [0.4, 0.5) is 5.69 Å². The molecule has 1 amide bonds. The van der Waals surface area contributed by atoms with E-state index in [1.807, 2.05) is 12.1 Å². The fourth-order valence-electron chi connectivity index (χ4n) is 1.89. The topological polar surface area (TPSA) is 103 Å². The Kier molecular flexibility index (Phi) is 5.90. The normalized spacial score (nSPS) is 10.4. The van der Waals surface area contributed by atoms with Crippen LogP contribution in [0.5, 0.6) is 5.75 Å². The number of hydrazone groups is 1. The van der Waals surface area contributed by atoms with Crippen molar-refractivity contribution in [3.63, 3.8) is 0 Å². The van der Waals surface area contributed by atoms with Gasteiger partial charge < -0.3 is 20.0 Å². The van der Waals surface area contributed by atoms with Crippen LogP contribution >= 0.6 is 0 Å². The van der Waals surface area contributed by atoms with E-state index >= 15 is 0 Å². The lowest BCUT2D eigenvalue weighted by atomic mass is 10.1. The quantitative estimate of drug-likeness (QED) is 0.573. The SMILES string of the molecule is COc1ccccc1NCC(=O)NN=Cc1ccc(C(=O)[O-])cc1. The number of carbonyl (C=O) groups excluding carboxylic acids is 2. The van der Waals surface area contributed by atoms with Crippen molar-refractivity contribution in [1.82, 2.24) is 5.43 Å². The number of amides is 1. The molecule has 0 unspecified atom stereocenters. The van der Waals surface area contributed by atoms with Gasteiger partial charge in [-0.2, -0.15) is 5.10 Å². The predicted octanol–water partition coefficient (Wildman–Crippen LogP) is 0.621. The molecule has 2 N–H and O–H groups in total. The molecule has 2 aromatic carbocycles. The van der Waals surface area contributed by atoms with E-state index in [0.717, 1.165) is 0 Å². The minimum atomic E-state index is -1.24. The molecule has 0 saturated heterocycles. The molecule has 0 bridgehead atoms. The fourth-order valence-corrected chi connectivity index (χ4v) is 1.89. The molecule has 7 nitrogen and oxygen atoms in total. The van der Waals surface area contributed by atoms with Crippen molar-refractivity contribution in [2.45, 2.75) is 0 Å². The molecular weight excluding hydrogens is 310 g/mol. The molecule has 0 aliphatic carbocycles. The van der Waals surface area contributed by atoms with Crippen molar-refractivity contribution in [2.24, 2.45) is 5.10 Å². The molecule has 2 aromatic rings. The van der Waals surface area contributed by atoms with Crippen LogP contribution in [-0.4, -0.2) is 31.7 Å². The predicted molar refractivity (Wildman–Crippen MR) is 88.0 cm³/mol. The highest BCUT2D eigenvalue weighted by Gasteiger charge is 2.03. The van der Waals surface area contributed by atoms with E-state index in [1.54, 1.807) is 31.4 Å². The molecule has 0 radical (unpaired) electrons. The molecule has 0 heterocycles. The number of hydrogen-bond donors (Lipinski definition) is 2. The Morgan fingerprint density at radius 1 is 1.17 bits per heavy atom. The highest BCUT2D eigenvalue weighted by Crippen LogP contribution is 2.22. The first-order chi connectivity index (χ1) is 11.6. The Bertz CT molecular complexity index is 742. The highest BCUT2D eigenvalue weighted by molar-refractivity contribution is 5.88. The minimum Gasteiger partial charge on any atom is -0.545 e. The van der Waals surface area contributed by atoms with Crippen LogP contribution < -0.4 is 20.6 Å². The first-order valence-corrected chi connectivity index (χ1v) is 7.10. The fraction of sp³-hybridized carbons (Fsp3) is 0.118. The summed E-state index contributed by atoms with van der Waals surface area (Å²) >= 11 is 0. The number of methoxy groups -OCH3 is 1. The average Bonchev–Trinajstić information content (AvgIpc) is 2.60. The Labute approximate surface area is 139 Å². The van der Waals surface area contributed by atoms with Gasteiger partial charge in [-0.1, -0.05) is 36.4 Å². The first kappa shape index (κ1) is 17.0.